The Morgan fingerprint density at radius 3 is 2.00 bits per heavy atom. The van der Waals surface area contributed by atoms with Gasteiger partial charge in [-0.3, -0.25) is 0 Å². The second-order valence-corrected chi connectivity index (χ2v) is 9.66. The van der Waals surface area contributed by atoms with Crippen molar-refractivity contribution in [1.29, 1.82) is 0 Å². The maximum Gasteiger partial charge on any atom is 0.0443 e. The first-order chi connectivity index (χ1) is 14.2. The topological polar surface area (TPSA) is 3.24 Å². The Morgan fingerprint density at radius 2 is 1.41 bits per heavy atom. The summed E-state index contributed by atoms with van der Waals surface area (Å²) in [6, 6.07) is 6.95. The molecular formula is C27H46ClN. The molecule has 2 heteroatoms. The van der Waals surface area contributed by atoms with Gasteiger partial charge in [0.1, 0.15) is 0 Å². The fourth-order valence-corrected chi connectivity index (χ4v) is 5.19. The van der Waals surface area contributed by atoms with E-state index in [4.69, 9.17) is 11.6 Å². The summed E-state index contributed by atoms with van der Waals surface area (Å²) in [7, 11) is 0. The van der Waals surface area contributed by atoms with Gasteiger partial charge in [-0.05, 0) is 81.3 Å². The van der Waals surface area contributed by atoms with E-state index in [1.54, 1.807) is 0 Å². The Bertz CT molecular complexity index is 523. The van der Waals surface area contributed by atoms with Crippen LogP contribution in [-0.4, -0.2) is 24.5 Å². The van der Waals surface area contributed by atoms with E-state index in [1.807, 2.05) is 0 Å². The Morgan fingerprint density at radius 1 is 0.793 bits per heavy atom. The van der Waals surface area contributed by atoms with E-state index < -0.39 is 0 Å². The van der Waals surface area contributed by atoms with E-state index in [-0.39, 0.29) is 0 Å². The molecule has 1 saturated carbocycles. The third kappa shape index (κ3) is 9.88. The normalized spacial score (nSPS) is 15.3. The molecule has 1 nitrogen and oxygen atoms in total. The van der Waals surface area contributed by atoms with Crippen molar-refractivity contribution in [3.8, 4) is 0 Å². The molecule has 166 valence electrons. The zero-order valence-electron chi connectivity index (χ0n) is 19.4. The standard InChI is InChI=1S/C27H46ClN/c1-3-5-7-12-20-29(21-13-8-6-4-2)22-14-15-24-18-19-26(27(28)23-24)25-16-10-9-11-17-25/h18-19,23,25H,3-17,20-22H2,1-2H3. The number of aryl methyl sites for hydroxylation is 1. The number of halogens is 1. The summed E-state index contributed by atoms with van der Waals surface area (Å²) in [5, 5.41) is 1.02. The molecular weight excluding hydrogens is 374 g/mol. The molecule has 0 radical (unpaired) electrons. The fourth-order valence-electron chi connectivity index (χ4n) is 4.84. The first-order valence-corrected chi connectivity index (χ1v) is 13.1. The molecule has 1 fully saturated rings. The first-order valence-electron chi connectivity index (χ1n) is 12.7. The van der Waals surface area contributed by atoms with Crippen molar-refractivity contribution in [3.63, 3.8) is 0 Å². The summed E-state index contributed by atoms with van der Waals surface area (Å²) < 4.78 is 0. The molecule has 2 rings (SSSR count). The van der Waals surface area contributed by atoms with Gasteiger partial charge in [0, 0.05) is 5.02 Å². The van der Waals surface area contributed by atoms with Crippen molar-refractivity contribution < 1.29 is 0 Å². The molecule has 0 spiro atoms. The number of rotatable bonds is 15. The Hall–Kier alpha value is -0.530. The predicted octanol–water partition coefficient (Wildman–Crippen LogP) is 8.78. The molecule has 0 unspecified atom stereocenters. The third-order valence-corrected chi connectivity index (χ3v) is 7.03. The van der Waals surface area contributed by atoms with Crippen LogP contribution in [0, 0.1) is 0 Å². The van der Waals surface area contributed by atoms with Crippen LogP contribution in [0.5, 0.6) is 0 Å². The number of hydrogen-bond acceptors (Lipinski definition) is 1. The van der Waals surface area contributed by atoms with Crippen molar-refractivity contribution in [3.05, 3.63) is 34.3 Å². The van der Waals surface area contributed by atoms with Crippen molar-refractivity contribution in [2.75, 3.05) is 19.6 Å². The molecule has 0 N–H and O–H groups in total. The summed E-state index contributed by atoms with van der Waals surface area (Å²) in [6.45, 7) is 8.40. The lowest BCUT2D eigenvalue weighted by atomic mass is 9.84. The quantitative estimate of drug-likeness (QED) is 0.256. The number of nitrogens with zero attached hydrogens (tertiary/aromatic N) is 1. The van der Waals surface area contributed by atoms with Crippen molar-refractivity contribution in [1.82, 2.24) is 4.90 Å². The highest BCUT2D eigenvalue weighted by Gasteiger charge is 2.18. The van der Waals surface area contributed by atoms with Crippen LogP contribution in [0.25, 0.3) is 0 Å². The lowest BCUT2D eigenvalue weighted by molar-refractivity contribution is 0.258. The van der Waals surface area contributed by atoms with Crippen LogP contribution in [0.15, 0.2) is 18.2 Å². The molecule has 0 heterocycles. The SMILES string of the molecule is CCCCCCN(CCCCCC)CCCc1ccc(C2CCCCC2)c(Cl)c1. The summed E-state index contributed by atoms with van der Waals surface area (Å²) in [5.41, 5.74) is 2.83. The van der Waals surface area contributed by atoms with E-state index in [1.165, 1.54) is 121 Å². The van der Waals surface area contributed by atoms with Gasteiger partial charge < -0.3 is 4.90 Å². The number of hydrogen-bond donors (Lipinski definition) is 0. The highest BCUT2D eigenvalue weighted by atomic mass is 35.5. The summed E-state index contributed by atoms with van der Waals surface area (Å²) in [4.78, 5) is 2.73. The molecule has 0 aromatic heterocycles. The van der Waals surface area contributed by atoms with Crippen LogP contribution in [-0.2, 0) is 6.42 Å². The van der Waals surface area contributed by atoms with Crippen LogP contribution in [0.3, 0.4) is 0 Å². The molecule has 0 amide bonds. The highest BCUT2D eigenvalue weighted by Crippen LogP contribution is 2.36. The van der Waals surface area contributed by atoms with E-state index in [2.05, 4.69) is 36.9 Å². The maximum atomic E-state index is 6.69. The average Bonchev–Trinajstić information content (AvgIpc) is 2.74. The smallest absolute Gasteiger partial charge is 0.0443 e. The van der Waals surface area contributed by atoms with Gasteiger partial charge in [0.15, 0.2) is 0 Å². The molecule has 0 bridgehead atoms. The van der Waals surface area contributed by atoms with Gasteiger partial charge >= 0.3 is 0 Å². The minimum Gasteiger partial charge on any atom is -0.303 e. The molecule has 1 aliphatic rings. The van der Waals surface area contributed by atoms with Gasteiger partial charge in [0.05, 0.1) is 0 Å². The Kier molecular flexibility index (Phi) is 13.0. The molecule has 29 heavy (non-hydrogen) atoms. The van der Waals surface area contributed by atoms with Crippen LogP contribution < -0.4 is 0 Å². The van der Waals surface area contributed by atoms with E-state index in [9.17, 15) is 0 Å². The van der Waals surface area contributed by atoms with Gasteiger partial charge in [0.25, 0.3) is 0 Å². The lowest BCUT2D eigenvalue weighted by Crippen LogP contribution is -2.27. The largest absolute Gasteiger partial charge is 0.303 e. The van der Waals surface area contributed by atoms with Gasteiger partial charge in [0.2, 0.25) is 0 Å². The molecule has 0 saturated heterocycles. The van der Waals surface area contributed by atoms with E-state index in [0.29, 0.717) is 5.92 Å². The zero-order valence-corrected chi connectivity index (χ0v) is 20.1. The van der Waals surface area contributed by atoms with Crippen LogP contribution in [0.4, 0.5) is 0 Å². The second-order valence-electron chi connectivity index (χ2n) is 9.26. The monoisotopic (exact) mass is 419 g/mol. The van der Waals surface area contributed by atoms with E-state index in [0.717, 1.165) is 11.4 Å². The van der Waals surface area contributed by atoms with Crippen LogP contribution >= 0.6 is 11.6 Å². The second kappa shape index (κ2) is 15.3. The zero-order chi connectivity index (χ0) is 20.7. The summed E-state index contributed by atoms with van der Waals surface area (Å²) in [6.07, 6.45) is 20.1. The average molecular weight is 420 g/mol. The molecule has 1 aromatic rings. The van der Waals surface area contributed by atoms with Crippen LogP contribution in [0.1, 0.15) is 121 Å². The number of unbranched alkanes of at least 4 members (excludes halogenated alkanes) is 6. The predicted molar refractivity (Wildman–Crippen MR) is 130 cm³/mol. The Balaban J connectivity index is 1.77. The van der Waals surface area contributed by atoms with Gasteiger partial charge in [-0.1, -0.05) is 95.4 Å². The van der Waals surface area contributed by atoms with Crippen molar-refractivity contribution in [2.24, 2.45) is 0 Å². The van der Waals surface area contributed by atoms with Crippen LogP contribution in [0.2, 0.25) is 5.02 Å². The summed E-state index contributed by atoms with van der Waals surface area (Å²) >= 11 is 6.69. The minimum atomic E-state index is 0.701. The highest BCUT2D eigenvalue weighted by molar-refractivity contribution is 6.31. The molecule has 1 aliphatic carbocycles. The van der Waals surface area contributed by atoms with E-state index >= 15 is 0 Å². The molecule has 1 aromatic carbocycles. The van der Waals surface area contributed by atoms with Gasteiger partial charge in [-0.15, -0.1) is 0 Å². The van der Waals surface area contributed by atoms with Crippen molar-refractivity contribution >= 4 is 11.6 Å². The van der Waals surface area contributed by atoms with Gasteiger partial charge in [-0.25, -0.2) is 0 Å². The summed E-state index contributed by atoms with van der Waals surface area (Å²) in [5.74, 6) is 0.701. The third-order valence-electron chi connectivity index (χ3n) is 6.71. The minimum absolute atomic E-state index is 0.701. The van der Waals surface area contributed by atoms with Crippen molar-refractivity contribution in [2.45, 2.75) is 116 Å². The lowest BCUT2D eigenvalue weighted by Gasteiger charge is -2.24. The number of benzene rings is 1. The fraction of sp³-hybridized carbons (Fsp3) is 0.778. The molecule has 0 aliphatic heterocycles. The first kappa shape index (κ1) is 24.7. The Labute approximate surface area is 186 Å². The molecule has 0 atom stereocenters. The maximum absolute atomic E-state index is 6.69. The van der Waals surface area contributed by atoms with Gasteiger partial charge in [-0.2, -0.15) is 0 Å².